The minimum Gasteiger partial charge on any atom is -0.466 e. The van der Waals surface area contributed by atoms with Gasteiger partial charge in [-0.2, -0.15) is 4.99 Å². The first kappa shape index (κ1) is 14.2. The minimum atomic E-state index is -0.295. The van der Waals surface area contributed by atoms with Gasteiger partial charge in [0.2, 0.25) is 5.96 Å². The van der Waals surface area contributed by atoms with E-state index in [1.54, 1.807) is 14.1 Å². The number of carbonyl (C=O) groups excluding carboxylic acids is 1. The van der Waals surface area contributed by atoms with Crippen LogP contribution in [0.5, 0.6) is 0 Å². The number of ether oxygens (including phenoxy) is 1. The summed E-state index contributed by atoms with van der Waals surface area (Å²) in [5.74, 6) is -0.0393. The Labute approximate surface area is 95.2 Å². The van der Waals surface area contributed by atoms with Crippen LogP contribution in [0.15, 0.2) is 4.99 Å². The van der Waals surface area contributed by atoms with Crippen molar-refractivity contribution in [2.45, 2.75) is 13.3 Å². The molecule has 0 heterocycles. The van der Waals surface area contributed by atoms with Crippen LogP contribution < -0.4 is 11.1 Å². The minimum absolute atomic E-state index is 0.0741. The molecule has 0 aromatic carbocycles. The highest BCUT2D eigenvalue weighted by molar-refractivity contribution is 5.92. The van der Waals surface area contributed by atoms with Crippen molar-refractivity contribution in [3.63, 3.8) is 0 Å². The second kappa shape index (κ2) is 7.49. The summed E-state index contributed by atoms with van der Waals surface area (Å²) in [4.78, 5) is 15.8. The Balaban J connectivity index is 3.69. The summed E-state index contributed by atoms with van der Waals surface area (Å²) < 4.78 is 4.73. The highest BCUT2D eigenvalue weighted by Crippen LogP contribution is 1.83. The van der Waals surface area contributed by atoms with E-state index in [1.807, 2.05) is 0 Å². The maximum absolute atomic E-state index is 10.4. The Morgan fingerprint density at radius 2 is 2.19 bits per heavy atom. The summed E-state index contributed by atoms with van der Waals surface area (Å²) in [5.41, 5.74) is 5.52. The normalized spacial score (nSPS) is 10.8. The van der Waals surface area contributed by atoms with Crippen molar-refractivity contribution < 1.29 is 9.53 Å². The quantitative estimate of drug-likeness (QED) is 0.257. The molecule has 0 aliphatic carbocycles. The van der Waals surface area contributed by atoms with Crippen molar-refractivity contribution in [1.82, 2.24) is 10.2 Å². The Kier molecular flexibility index (Phi) is 6.66. The van der Waals surface area contributed by atoms with Gasteiger partial charge in [-0.3, -0.25) is 10.2 Å². The van der Waals surface area contributed by atoms with Gasteiger partial charge in [0.25, 0.3) is 0 Å². The lowest BCUT2D eigenvalue weighted by Crippen LogP contribution is -2.35. The molecule has 0 radical (unpaired) electrons. The number of hydrogen-bond acceptors (Lipinski definition) is 3. The van der Waals surface area contributed by atoms with Crippen LogP contribution in [0, 0.1) is 5.41 Å². The molecule has 0 atom stereocenters. The maximum atomic E-state index is 10.4. The van der Waals surface area contributed by atoms with Crippen LogP contribution in [0.2, 0.25) is 0 Å². The average molecular weight is 229 g/mol. The highest BCUT2D eigenvalue weighted by atomic mass is 16.5. The van der Waals surface area contributed by atoms with E-state index in [0.717, 1.165) is 0 Å². The van der Waals surface area contributed by atoms with E-state index in [0.29, 0.717) is 19.6 Å². The number of esters is 1. The molecular weight excluding hydrogens is 210 g/mol. The van der Waals surface area contributed by atoms with E-state index in [9.17, 15) is 4.79 Å². The first-order valence-corrected chi connectivity index (χ1v) is 4.90. The van der Waals surface area contributed by atoms with Crippen molar-refractivity contribution in [3.8, 4) is 0 Å². The topological polar surface area (TPSA) is 104 Å². The monoisotopic (exact) mass is 229 g/mol. The van der Waals surface area contributed by atoms with Crippen LogP contribution >= 0.6 is 0 Å². The molecule has 0 aliphatic rings. The average Bonchev–Trinajstić information content (AvgIpc) is 2.16. The molecule has 0 bridgehead atoms. The third-order valence-corrected chi connectivity index (χ3v) is 1.58. The SMILES string of the molecule is CC(=O)OCCCN/C(N)=N/C(=N)N(C)C. The molecule has 16 heavy (non-hydrogen) atoms. The summed E-state index contributed by atoms with van der Waals surface area (Å²) >= 11 is 0. The second-order valence-corrected chi connectivity index (χ2v) is 3.34. The maximum Gasteiger partial charge on any atom is 0.302 e. The predicted octanol–water partition coefficient (Wildman–Crippen LogP) is -0.660. The van der Waals surface area contributed by atoms with E-state index >= 15 is 0 Å². The molecule has 0 saturated heterocycles. The van der Waals surface area contributed by atoms with Crippen molar-refractivity contribution in [2.24, 2.45) is 10.7 Å². The smallest absolute Gasteiger partial charge is 0.302 e. The zero-order valence-corrected chi connectivity index (χ0v) is 9.91. The molecule has 0 unspecified atom stereocenters. The van der Waals surface area contributed by atoms with Gasteiger partial charge in [0.15, 0.2) is 5.96 Å². The van der Waals surface area contributed by atoms with Gasteiger partial charge in [0.05, 0.1) is 6.61 Å². The zero-order chi connectivity index (χ0) is 12.6. The Morgan fingerprint density at radius 3 is 2.69 bits per heavy atom. The second-order valence-electron chi connectivity index (χ2n) is 3.34. The van der Waals surface area contributed by atoms with Crippen molar-refractivity contribution >= 4 is 17.9 Å². The van der Waals surface area contributed by atoms with Crippen LogP contribution in [0.25, 0.3) is 0 Å². The van der Waals surface area contributed by atoms with Crippen molar-refractivity contribution in [2.75, 3.05) is 27.2 Å². The Morgan fingerprint density at radius 1 is 1.56 bits per heavy atom. The first-order chi connectivity index (χ1) is 7.43. The molecule has 7 nitrogen and oxygen atoms in total. The van der Waals surface area contributed by atoms with E-state index in [4.69, 9.17) is 15.9 Å². The molecule has 0 rings (SSSR count). The van der Waals surface area contributed by atoms with E-state index in [2.05, 4.69) is 10.3 Å². The predicted molar refractivity (Wildman–Crippen MR) is 62.3 cm³/mol. The van der Waals surface area contributed by atoms with Gasteiger partial charge in [0, 0.05) is 27.6 Å². The zero-order valence-electron chi connectivity index (χ0n) is 9.91. The Hall–Kier alpha value is -1.79. The molecule has 0 aliphatic heterocycles. The van der Waals surface area contributed by atoms with Gasteiger partial charge in [0.1, 0.15) is 0 Å². The first-order valence-electron chi connectivity index (χ1n) is 4.90. The molecule has 4 N–H and O–H groups in total. The Bertz CT molecular complexity index is 275. The number of nitrogens with zero attached hydrogens (tertiary/aromatic N) is 2. The third-order valence-electron chi connectivity index (χ3n) is 1.58. The van der Waals surface area contributed by atoms with E-state index < -0.39 is 0 Å². The molecule has 0 aromatic heterocycles. The van der Waals surface area contributed by atoms with Crippen LogP contribution in [0.3, 0.4) is 0 Å². The van der Waals surface area contributed by atoms with Crippen LogP contribution in [-0.2, 0) is 9.53 Å². The molecule has 0 aromatic rings. The van der Waals surface area contributed by atoms with Gasteiger partial charge in [-0.15, -0.1) is 0 Å². The molecule has 92 valence electrons. The molecule has 7 heteroatoms. The number of nitrogens with two attached hydrogens (primary N) is 1. The van der Waals surface area contributed by atoms with Crippen molar-refractivity contribution in [3.05, 3.63) is 0 Å². The molecule has 0 fully saturated rings. The molecular formula is C9H19N5O2. The summed E-state index contributed by atoms with van der Waals surface area (Å²) in [7, 11) is 3.42. The standard InChI is InChI=1S/C9H19N5O2/c1-7(15)16-6-4-5-12-8(10)13-9(11)14(2)3/h4-6H2,1-3H3,(H4,10,11,12,13). The lowest BCUT2D eigenvalue weighted by atomic mass is 10.4. The number of aliphatic imine (C=N–C) groups is 1. The van der Waals surface area contributed by atoms with Crippen LogP contribution in [0.4, 0.5) is 0 Å². The van der Waals surface area contributed by atoms with Gasteiger partial charge < -0.3 is 20.7 Å². The fourth-order valence-electron chi connectivity index (χ4n) is 0.758. The van der Waals surface area contributed by atoms with Gasteiger partial charge in [-0.1, -0.05) is 0 Å². The number of carbonyl (C=O) groups is 1. The lowest BCUT2D eigenvalue weighted by molar-refractivity contribution is -0.140. The number of rotatable bonds is 4. The lowest BCUT2D eigenvalue weighted by Gasteiger charge is -2.10. The van der Waals surface area contributed by atoms with Crippen LogP contribution in [-0.4, -0.2) is 50.0 Å². The number of nitrogens with one attached hydrogen (secondary N) is 2. The fraction of sp³-hybridized carbons (Fsp3) is 0.667. The largest absolute Gasteiger partial charge is 0.466 e. The summed E-state index contributed by atoms with van der Waals surface area (Å²) in [6, 6.07) is 0. The summed E-state index contributed by atoms with van der Waals surface area (Å²) in [6.07, 6.45) is 0.644. The fourth-order valence-corrected chi connectivity index (χ4v) is 0.758. The third kappa shape index (κ3) is 7.60. The summed E-state index contributed by atoms with van der Waals surface area (Å²) in [6.45, 7) is 2.26. The van der Waals surface area contributed by atoms with E-state index in [-0.39, 0.29) is 17.9 Å². The molecule has 0 amide bonds. The number of hydrogen-bond donors (Lipinski definition) is 3. The van der Waals surface area contributed by atoms with Gasteiger partial charge >= 0.3 is 5.97 Å². The highest BCUT2D eigenvalue weighted by Gasteiger charge is 1.98. The summed E-state index contributed by atoms with van der Waals surface area (Å²) in [5, 5.41) is 10.2. The molecule has 0 saturated carbocycles. The van der Waals surface area contributed by atoms with Crippen molar-refractivity contribution in [1.29, 1.82) is 5.41 Å². The van der Waals surface area contributed by atoms with Crippen LogP contribution in [0.1, 0.15) is 13.3 Å². The number of guanidine groups is 2. The van der Waals surface area contributed by atoms with E-state index in [1.165, 1.54) is 11.8 Å². The molecule has 0 spiro atoms. The van der Waals surface area contributed by atoms with Gasteiger partial charge in [-0.05, 0) is 6.42 Å². The van der Waals surface area contributed by atoms with Gasteiger partial charge in [-0.25, -0.2) is 0 Å².